The van der Waals surface area contributed by atoms with Gasteiger partial charge < -0.3 is 10.5 Å². The van der Waals surface area contributed by atoms with Crippen LogP contribution in [0.5, 0.6) is 0 Å². The van der Waals surface area contributed by atoms with Crippen molar-refractivity contribution in [3.8, 4) is 0 Å². The van der Waals surface area contributed by atoms with Crippen molar-refractivity contribution in [3.05, 3.63) is 33.9 Å². The van der Waals surface area contributed by atoms with Crippen LogP contribution in [-0.4, -0.2) is 33.1 Å². The Bertz CT molecular complexity index is 537. The number of nitro groups is 1. The molecule has 3 rings (SSSR count). The predicted octanol–water partition coefficient (Wildman–Crippen LogP) is 1.37. The summed E-state index contributed by atoms with van der Waals surface area (Å²) in [5.41, 5.74) is 4.24. The first kappa shape index (κ1) is 14.2. The number of rotatable bonds is 4. The van der Waals surface area contributed by atoms with Crippen LogP contribution in [0.3, 0.4) is 0 Å². The van der Waals surface area contributed by atoms with Crippen LogP contribution in [0.25, 0.3) is 0 Å². The maximum Gasteiger partial charge on any atom is 0.269 e. The molecule has 2 atom stereocenters. The molecule has 2 bridgehead atoms. The molecule has 7 heteroatoms. The van der Waals surface area contributed by atoms with Gasteiger partial charge >= 0.3 is 0 Å². The van der Waals surface area contributed by atoms with E-state index in [0.29, 0.717) is 24.3 Å². The molecule has 0 aliphatic carbocycles. The molecule has 1 aromatic rings. The summed E-state index contributed by atoms with van der Waals surface area (Å²) < 4.78 is 0. The van der Waals surface area contributed by atoms with Gasteiger partial charge in [-0.2, -0.15) is 0 Å². The highest BCUT2D eigenvalue weighted by Crippen LogP contribution is 2.37. The maximum absolute atomic E-state index is 10.9. The molecule has 0 saturated carbocycles. The van der Waals surface area contributed by atoms with Gasteiger partial charge in [-0.05, 0) is 37.3 Å². The Morgan fingerprint density at radius 2 is 2.05 bits per heavy atom. The molecule has 114 valence electrons. The van der Waals surface area contributed by atoms with Gasteiger partial charge in [0.25, 0.3) is 5.69 Å². The highest BCUT2D eigenvalue weighted by molar-refractivity contribution is 5.55. The van der Waals surface area contributed by atoms with Crippen LogP contribution in [0.4, 0.5) is 11.4 Å². The Morgan fingerprint density at radius 1 is 1.38 bits per heavy atom. The summed E-state index contributed by atoms with van der Waals surface area (Å²) in [4.78, 5) is 12.9. The van der Waals surface area contributed by atoms with Gasteiger partial charge in [0.2, 0.25) is 0 Å². The highest BCUT2D eigenvalue weighted by atomic mass is 16.6. The van der Waals surface area contributed by atoms with Gasteiger partial charge in [-0.15, -0.1) is 0 Å². The van der Waals surface area contributed by atoms with Crippen LogP contribution in [0.1, 0.15) is 31.2 Å². The molecule has 21 heavy (non-hydrogen) atoms. The number of nitrogen functional groups attached to an aromatic ring is 1. The molecule has 2 aliphatic rings. The van der Waals surface area contributed by atoms with Gasteiger partial charge in [-0.25, -0.2) is 0 Å². The zero-order valence-electron chi connectivity index (χ0n) is 11.7. The second-order valence-corrected chi connectivity index (χ2v) is 5.93. The van der Waals surface area contributed by atoms with Gasteiger partial charge in [-0.3, -0.25) is 20.9 Å². The summed E-state index contributed by atoms with van der Waals surface area (Å²) in [6.07, 6.45) is 3.54. The number of nitro benzene ring substituents is 1. The lowest BCUT2D eigenvalue weighted by molar-refractivity contribution is -0.384. The van der Waals surface area contributed by atoms with Gasteiger partial charge in [0.05, 0.1) is 16.7 Å². The van der Waals surface area contributed by atoms with E-state index in [1.54, 1.807) is 12.1 Å². The van der Waals surface area contributed by atoms with Crippen LogP contribution in [0.2, 0.25) is 0 Å². The van der Waals surface area contributed by atoms with Crippen LogP contribution >= 0.6 is 0 Å². The Balaban J connectivity index is 1.84. The number of anilines is 1. The largest absolute Gasteiger partial charge is 0.393 e. The first-order valence-corrected chi connectivity index (χ1v) is 7.26. The molecule has 0 radical (unpaired) electrons. The van der Waals surface area contributed by atoms with Gasteiger partial charge in [-0.1, -0.05) is 0 Å². The van der Waals surface area contributed by atoms with E-state index in [1.807, 2.05) is 0 Å². The van der Waals surface area contributed by atoms with E-state index in [1.165, 1.54) is 6.07 Å². The predicted molar refractivity (Wildman–Crippen MR) is 78.5 cm³/mol. The van der Waals surface area contributed by atoms with Gasteiger partial charge in [0.1, 0.15) is 0 Å². The number of hydrogen-bond acceptors (Lipinski definition) is 6. The van der Waals surface area contributed by atoms with Gasteiger partial charge in [0.15, 0.2) is 0 Å². The van der Waals surface area contributed by atoms with E-state index < -0.39 is 4.92 Å². The number of benzene rings is 1. The molecule has 2 heterocycles. The first-order valence-electron chi connectivity index (χ1n) is 7.26. The minimum atomic E-state index is -0.391. The van der Waals surface area contributed by atoms with Crippen LogP contribution in [-0.2, 0) is 6.54 Å². The molecule has 2 saturated heterocycles. The number of aliphatic hydroxyl groups is 1. The number of fused-ring (bicyclic) bond motifs is 2. The lowest BCUT2D eigenvalue weighted by atomic mass is 9.98. The topological polar surface area (TPSA) is 105 Å². The smallest absolute Gasteiger partial charge is 0.269 e. The zero-order chi connectivity index (χ0) is 15.0. The summed E-state index contributed by atoms with van der Waals surface area (Å²) in [7, 11) is 0. The third-order valence-electron chi connectivity index (χ3n) is 4.67. The minimum absolute atomic E-state index is 0.0772. The average molecular weight is 292 g/mol. The zero-order valence-corrected chi connectivity index (χ0v) is 11.7. The average Bonchev–Trinajstić information content (AvgIpc) is 2.70. The number of nitrogens with zero attached hydrogens (tertiary/aromatic N) is 2. The van der Waals surface area contributed by atoms with Crippen LogP contribution in [0, 0.1) is 10.1 Å². The molecule has 2 fully saturated rings. The van der Waals surface area contributed by atoms with E-state index in [9.17, 15) is 15.2 Å². The fourth-order valence-corrected chi connectivity index (χ4v) is 3.67. The summed E-state index contributed by atoms with van der Waals surface area (Å²) in [5.74, 6) is 5.51. The molecule has 4 N–H and O–H groups in total. The van der Waals surface area contributed by atoms with E-state index in [2.05, 4.69) is 10.3 Å². The normalized spacial score (nSPS) is 28.6. The number of hydrogen-bond donors (Lipinski definition) is 3. The van der Waals surface area contributed by atoms with Crippen LogP contribution < -0.4 is 11.3 Å². The monoisotopic (exact) mass is 292 g/mol. The van der Waals surface area contributed by atoms with E-state index in [-0.39, 0.29) is 11.8 Å². The number of nitrogens with one attached hydrogen (secondary N) is 1. The first-order chi connectivity index (χ1) is 10.1. The fraction of sp³-hybridized carbons (Fsp3) is 0.571. The number of nitrogens with two attached hydrogens (primary N) is 1. The lowest BCUT2D eigenvalue weighted by Gasteiger charge is -2.37. The molecular formula is C14H20N4O3. The lowest BCUT2D eigenvalue weighted by Crippen LogP contribution is -2.44. The van der Waals surface area contributed by atoms with E-state index >= 15 is 0 Å². The Hall–Kier alpha value is -1.70. The SMILES string of the molecule is NNc1ccc([N+](=O)[O-])cc1CN1C2CCC1CC(O)C2. The standard InChI is InChI=1S/C14H20N4O3/c15-16-14-4-3-12(18(20)21)5-9(14)8-17-10-1-2-11(17)7-13(19)6-10/h3-5,10-11,13,16,19H,1-2,6-8,15H2. The van der Waals surface area contributed by atoms with Crippen molar-refractivity contribution in [2.75, 3.05) is 5.43 Å². The second kappa shape index (κ2) is 5.59. The molecule has 1 aromatic carbocycles. The Morgan fingerprint density at radius 3 is 2.62 bits per heavy atom. The van der Waals surface area contributed by atoms with E-state index in [4.69, 9.17) is 5.84 Å². The van der Waals surface area contributed by atoms with Crippen molar-refractivity contribution >= 4 is 11.4 Å². The van der Waals surface area contributed by atoms with E-state index in [0.717, 1.165) is 31.2 Å². The summed E-state index contributed by atoms with van der Waals surface area (Å²) >= 11 is 0. The molecule has 2 aliphatic heterocycles. The molecular weight excluding hydrogens is 272 g/mol. The minimum Gasteiger partial charge on any atom is -0.393 e. The quantitative estimate of drug-likeness (QED) is 0.440. The van der Waals surface area contributed by atoms with Gasteiger partial charge in [0, 0.05) is 30.8 Å². The second-order valence-electron chi connectivity index (χ2n) is 5.93. The fourth-order valence-electron chi connectivity index (χ4n) is 3.67. The molecule has 2 unspecified atom stereocenters. The molecule has 0 aromatic heterocycles. The maximum atomic E-state index is 10.9. The molecule has 0 spiro atoms. The summed E-state index contributed by atoms with van der Waals surface area (Å²) in [6.45, 7) is 0.628. The Labute approximate surface area is 122 Å². The number of piperidine rings is 1. The number of aliphatic hydroxyl groups excluding tert-OH is 1. The van der Waals surface area contributed by atoms with Crippen molar-refractivity contribution in [2.24, 2.45) is 5.84 Å². The Kier molecular flexibility index (Phi) is 3.79. The molecule has 7 nitrogen and oxygen atoms in total. The van der Waals surface area contributed by atoms with Crippen molar-refractivity contribution in [1.82, 2.24) is 4.90 Å². The van der Waals surface area contributed by atoms with Crippen molar-refractivity contribution in [1.29, 1.82) is 0 Å². The van der Waals surface area contributed by atoms with Crippen molar-refractivity contribution in [3.63, 3.8) is 0 Å². The summed E-state index contributed by atoms with van der Waals surface area (Å²) in [5, 5.41) is 20.8. The molecule has 0 amide bonds. The van der Waals surface area contributed by atoms with Crippen LogP contribution in [0.15, 0.2) is 18.2 Å². The summed E-state index contributed by atoms with van der Waals surface area (Å²) in [6, 6.07) is 5.41. The number of hydrazine groups is 1. The third kappa shape index (κ3) is 2.72. The van der Waals surface area contributed by atoms with Crippen molar-refractivity contribution in [2.45, 2.75) is 50.4 Å². The highest BCUT2D eigenvalue weighted by Gasteiger charge is 2.40. The third-order valence-corrected chi connectivity index (χ3v) is 4.67. The van der Waals surface area contributed by atoms with Crippen molar-refractivity contribution < 1.29 is 10.0 Å². The number of non-ortho nitro benzene ring substituents is 1.